The highest BCUT2D eigenvalue weighted by Gasteiger charge is 2.17. The number of aromatic amines is 1. The van der Waals surface area contributed by atoms with Gasteiger partial charge in [-0.2, -0.15) is 0 Å². The van der Waals surface area contributed by atoms with Crippen LogP contribution < -0.4 is 0 Å². The summed E-state index contributed by atoms with van der Waals surface area (Å²) in [6.07, 6.45) is 0.993. The average molecular weight is 320 g/mol. The van der Waals surface area contributed by atoms with Crippen molar-refractivity contribution in [3.05, 3.63) is 66.0 Å². The van der Waals surface area contributed by atoms with Crippen LogP contribution in [0.1, 0.15) is 11.4 Å². The van der Waals surface area contributed by atoms with Crippen molar-refractivity contribution in [3.63, 3.8) is 0 Å². The third-order valence-electron chi connectivity index (χ3n) is 4.82. The molecule has 1 aliphatic rings. The molecule has 0 aliphatic carbocycles. The second-order valence-electron chi connectivity index (χ2n) is 6.55. The minimum Gasteiger partial charge on any atom is -0.342 e. The van der Waals surface area contributed by atoms with Crippen molar-refractivity contribution in [1.82, 2.24) is 19.8 Å². The maximum absolute atomic E-state index is 4.68. The van der Waals surface area contributed by atoms with Crippen LogP contribution in [-0.4, -0.2) is 52.5 Å². The first-order valence-corrected chi connectivity index (χ1v) is 8.79. The van der Waals surface area contributed by atoms with Gasteiger partial charge in [0.1, 0.15) is 5.82 Å². The van der Waals surface area contributed by atoms with Gasteiger partial charge in [0.15, 0.2) is 0 Å². The Kier molecular flexibility index (Phi) is 4.58. The molecule has 4 rings (SSSR count). The topological polar surface area (TPSA) is 35.2 Å². The lowest BCUT2D eigenvalue weighted by Gasteiger charge is -2.34. The number of nitrogens with zero attached hydrogens (tertiary/aromatic N) is 3. The summed E-state index contributed by atoms with van der Waals surface area (Å²) >= 11 is 0. The van der Waals surface area contributed by atoms with E-state index in [2.05, 4.69) is 68.3 Å². The normalized spacial score (nSPS) is 16.7. The van der Waals surface area contributed by atoms with E-state index in [1.54, 1.807) is 0 Å². The molecule has 1 aromatic heterocycles. The van der Waals surface area contributed by atoms with Crippen molar-refractivity contribution in [2.75, 3.05) is 32.7 Å². The van der Waals surface area contributed by atoms with Gasteiger partial charge in [0.05, 0.1) is 11.0 Å². The zero-order valence-electron chi connectivity index (χ0n) is 14.0. The Hall–Kier alpha value is -2.17. The minimum atomic E-state index is 0.993. The fourth-order valence-corrected chi connectivity index (χ4v) is 3.40. The Balaban J connectivity index is 1.26. The molecule has 124 valence electrons. The molecule has 0 bridgehead atoms. The van der Waals surface area contributed by atoms with Gasteiger partial charge in [0.25, 0.3) is 0 Å². The predicted octanol–water partition coefficient (Wildman–Crippen LogP) is 2.92. The summed E-state index contributed by atoms with van der Waals surface area (Å²) in [5, 5.41) is 0. The summed E-state index contributed by atoms with van der Waals surface area (Å²) in [7, 11) is 0. The van der Waals surface area contributed by atoms with Gasteiger partial charge in [-0.1, -0.05) is 42.5 Å². The second kappa shape index (κ2) is 7.16. The van der Waals surface area contributed by atoms with Crippen molar-refractivity contribution in [2.24, 2.45) is 0 Å². The Morgan fingerprint density at radius 1 is 0.833 bits per heavy atom. The highest BCUT2D eigenvalue weighted by Crippen LogP contribution is 2.12. The van der Waals surface area contributed by atoms with E-state index >= 15 is 0 Å². The molecule has 2 heterocycles. The number of para-hydroxylation sites is 2. The third-order valence-corrected chi connectivity index (χ3v) is 4.82. The molecule has 1 fully saturated rings. The highest BCUT2D eigenvalue weighted by molar-refractivity contribution is 5.74. The number of hydrogen-bond donors (Lipinski definition) is 1. The van der Waals surface area contributed by atoms with Gasteiger partial charge in [0.2, 0.25) is 0 Å². The predicted molar refractivity (Wildman–Crippen MR) is 98.0 cm³/mol. The van der Waals surface area contributed by atoms with Crippen LogP contribution >= 0.6 is 0 Å². The maximum atomic E-state index is 4.68. The number of aromatic nitrogens is 2. The lowest BCUT2D eigenvalue weighted by molar-refractivity contribution is 0.128. The Labute approximate surface area is 143 Å². The van der Waals surface area contributed by atoms with E-state index in [9.17, 15) is 0 Å². The van der Waals surface area contributed by atoms with E-state index < -0.39 is 0 Å². The van der Waals surface area contributed by atoms with Gasteiger partial charge in [0, 0.05) is 45.7 Å². The molecule has 3 aromatic rings. The van der Waals surface area contributed by atoms with Gasteiger partial charge in [-0.3, -0.25) is 4.90 Å². The van der Waals surface area contributed by atoms with E-state index in [1.165, 1.54) is 5.56 Å². The van der Waals surface area contributed by atoms with E-state index in [-0.39, 0.29) is 0 Å². The largest absolute Gasteiger partial charge is 0.342 e. The van der Waals surface area contributed by atoms with Gasteiger partial charge in [-0.05, 0) is 17.7 Å². The van der Waals surface area contributed by atoms with Gasteiger partial charge >= 0.3 is 0 Å². The summed E-state index contributed by atoms with van der Waals surface area (Å²) in [6, 6.07) is 19.0. The number of H-pyrrole nitrogens is 1. The molecule has 0 radical (unpaired) electrons. The summed E-state index contributed by atoms with van der Waals surface area (Å²) < 4.78 is 0. The molecule has 1 N–H and O–H groups in total. The molecule has 2 aromatic carbocycles. The highest BCUT2D eigenvalue weighted by atomic mass is 15.3. The molecule has 0 saturated carbocycles. The quantitative estimate of drug-likeness (QED) is 0.785. The van der Waals surface area contributed by atoms with Crippen LogP contribution in [-0.2, 0) is 13.0 Å². The molecule has 0 atom stereocenters. The number of piperazine rings is 1. The smallest absolute Gasteiger partial charge is 0.108 e. The average Bonchev–Trinajstić information content (AvgIpc) is 3.05. The Morgan fingerprint density at radius 3 is 2.33 bits per heavy atom. The van der Waals surface area contributed by atoms with Crippen LogP contribution in [0.25, 0.3) is 11.0 Å². The zero-order valence-corrected chi connectivity index (χ0v) is 14.0. The van der Waals surface area contributed by atoms with Crippen LogP contribution in [0.2, 0.25) is 0 Å². The maximum Gasteiger partial charge on any atom is 0.108 e. The van der Waals surface area contributed by atoms with E-state index in [0.29, 0.717) is 0 Å². The molecule has 0 spiro atoms. The first kappa shape index (κ1) is 15.4. The summed E-state index contributed by atoms with van der Waals surface area (Å²) in [4.78, 5) is 13.2. The summed E-state index contributed by atoms with van der Waals surface area (Å²) in [5.74, 6) is 1.10. The Bertz CT molecular complexity index is 739. The fraction of sp³-hybridized carbons (Fsp3) is 0.350. The molecular formula is C20H24N4. The second-order valence-corrected chi connectivity index (χ2v) is 6.55. The minimum absolute atomic E-state index is 0.993. The summed E-state index contributed by atoms with van der Waals surface area (Å²) in [5.41, 5.74) is 3.62. The molecule has 4 heteroatoms. The van der Waals surface area contributed by atoms with Crippen molar-refractivity contribution in [3.8, 4) is 0 Å². The van der Waals surface area contributed by atoms with E-state index in [4.69, 9.17) is 0 Å². The molecular weight excluding hydrogens is 296 g/mol. The van der Waals surface area contributed by atoms with Crippen LogP contribution in [0.4, 0.5) is 0 Å². The van der Waals surface area contributed by atoms with Crippen LogP contribution in [0.5, 0.6) is 0 Å². The number of benzene rings is 2. The number of hydrogen-bond acceptors (Lipinski definition) is 3. The van der Waals surface area contributed by atoms with Crippen molar-refractivity contribution in [1.29, 1.82) is 0 Å². The molecule has 0 amide bonds. The molecule has 0 unspecified atom stereocenters. The number of nitrogens with one attached hydrogen (secondary N) is 1. The van der Waals surface area contributed by atoms with Crippen LogP contribution in [0, 0.1) is 0 Å². The van der Waals surface area contributed by atoms with Gasteiger partial charge in [-0.15, -0.1) is 0 Å². The number of fused-ring (bicyclic) bond motifs is 1. The fourth-order valence-electron chi connectivity index (χ4n) is 3.40. The van der Waals surface area contributed by atoms with Crippen LogP contribution in [0.15, 0.2) is 54.6 Å². The molecule has 24 heavy (non-hydrogen) atoms. The SMILES string of the molecule is c1ccc(CN2CCN(CCc3nc4ccccc4[nH]3)CC2)cc1. The molecule has 1 saturated heterocycles. The van der Waals surface area contributed by atoms with Crippen LogP contribution in [0.3, 0.4) is 0 Å². The standard InChI is InChI=1S/C20H24N4/c1-2-6-17(7-3-1)16-24-14-12-23(13-15-24)11-10-20-21-18-8-4-5-9-19(18)22-20/h1-9H,10-16H2,(H,21,22). The number of imidazole rings is 1. The molecule has 4 nitrogen and oxygen atoms in total. The third kappa shape index (κ3) is 3.66. The number of rotatable bonds is 5. The molecule has 1 aliphatic heterocycles. The van der Waals surface area contributed by atoms with Crippen molar-refractivity contribution >= 4 is 11.0 Å². The lowest BCUT2D eigenvalue weighted by atomic mass is 10.2. The summed E-state index contributed by atoms with van der Waals surface area (Å²) in [6.45, 7) is 6.74. The Morgan fingerprint density at radius 2 is 1.54 bits per heavy atom. The first-order chi connectivity index (χ1) is 11.9. The van der Waals surface area contributed by atoms with Crippen molar-refractivity contribution < 1.29 is 0 Å². The van der Waals surface area contributed by atoms with Gasteiger partial charge < -0.3 is 9.88 Å². The first-order valence-electron chi connectivity index (χ1n) is 8.79. The monoisotopic (exact) mass is 320 g/mol. The zero-order chi connectivity index (χ0) is 16.2. The van der Waals surface area contributed by atoms with Gasteiger partial charge in [-0.25, -0.2) is 4.98 Å². The lowest BCUT2D eigenvalue weighted by Crippen LogP contribution is -2.46. The van der Waals surface area contributed by atoms with Crippen molar-refractivity contribution in [2.45, 2.75) is 13.0 Å². The van der Waals surface area contributed by atoms with E-state index in [0.717, 1.165) is 62.5 Å². The van der Waals surface area contributed by atoms with E-state index in [1.807, 2.05) is 6.07 Å².